The maximum atomic E-state index is 4.50. The summed E-state index contributed by atoms with van der Waals surface area (Å²) in [6.07, 6.45) is 3.66. The molecule has 0 amide bonds. The lowest BCUT2D eigenvalue weighted by molar-refractivity contribution is 0.763. The Bertz CT molecular complexity index is 749. The van der Waals surface area contributed by atoms with Gasteiger partial charge < -0.3 is 10.6 Å². The van der Waals surface area contributed by atoms with E-state index in [1.807, 2.05) is 41.8 Å². The normalized spacial score (nSPS) is 11.3. The van der Waals surface area contributed by atoms with Gasteiger partial charge >= 0.3 is 0 Å². The molecule has 0 bridgehead atoms. The maximum absolute atomic E-state index is 4.50. The van der Waals surface area contributed by atoms with Crippen molar-refractivity contribution in [3.63, 3.8) is 0 Å². The van der Waals surface area contributed by atoms with Crippen LogP contribution in [-0.4, -0.2) is 37.3 Å². The number of pyridine rings is 1. The van der Waals surface area contributed by atoms with E-state index in [-0.39, 0.29) is 24.0 Å². The summed E-state index contributed by atoms with van der Waals surface area (Å²) < 4.78 is 1.95. The summed E-state index contributed by atoms with van der Waals surface area (Å²) in [6.45, 7) is 3.89. The minimum atomic E-state index is 0. The molecule has 0 aromatic carbocycles. The van der Waals surface area contributed by atoms with Gasteiger partial charge in [-0.25, -0.2) is 4.99 Å². The van der Waals surface area contributed by atoms with Crippen LogP contribution >= 0.6 is 24.0 Å². The molecule has 0 aliphatic rings. The van der Waals surface area contributed by atoms with Crippen LogP contribution in [0.4, 0.5) is 0 Å². The Morgan fingerprint density at radius 2 is 2.17 bits per heavy atom. The summed E-state index contributed by atoms with van der Waals surface area (Å²) >= 11 is 0. The van der Waals surface area contributed by atoms with Crippen molar-refractivity contribution in [2.45, 2.75) is 20.0 Å². The number of nitrogens with one attached hydrogen (secondary N) is 3. The second kappa shape index (κ2) is 8.46. The SMILES string of the molecule is CCNC(=NCc1ccn[nH]1)NCc1nnc2ccccn12.I. The minimum Gasteiger partial charge on any atom is -0.357 e. The number of rotatable bonds is 5. The van der Waals surface area contributed by atoms with E-state index in [4.69, 9.17) is 0 Å². The van der Waals surface area contributed by atoms with E-state index >= 15 is 0 Å². The van der Waals surface area contributed by atoms with Gasteiger partial charge in [0.05, 0.1) is 18.8 Å². The third-order valence-electron chi connectivity index (χ3n) is 3.11. The quantitative estimate of drug-likeness (QED) is 0.325. The van der Waals surface area contributed by atoms with Crippen molar-refractivity contribution in [1.82, 2.24) is 35.4 Å². The third-order valence-corrected chi connectivity index (χ3v) is 3.11. The van der Waals surface area contributed by atoms with E-state index in [0.29, 0.717) is 13.1 Å². The molecule has 0 unspecified atom stereocenters. The van der Waals surface area contributed by atoms with Crippen LogP contribution in [0, 0.1) is 0 Å². The molecule has 0 fully saturated rings. The molecule has 0 saturated heterocycles. The van der Waals surface area contributed by atoms with Gasteiger partial charge in [0, 0.05) is 18.9 Å². The van der Waals surface area contributed by atoms with Crippen LogP contribution in [0.15, 0.2) is 41.7 Å². The predicted octanol–water partition coefficient (Wildman–Crippen LogP) is 1.33. The molecule has 3 rings (SSSR count). The van der Waals surface area contributed by atoms with Crippen molar-refractivity contribution in [2.24, 2.45) is 4.99 Å². The van der Waals surface area contributed by atoms with E-state index in [0.717, 1.165) is 29.7 Å². The van der Waals surface area contributed by atoms with Crippen molar-refractivity contribution < 1.29 is 0 Å². The number of hydrogen-bond donors (Lipinski definition) is 3. The van der Waals surface area contributed by atoms with Gasteiger partial charge in [-0.15, -0.1) is 34.2 Å². The fraction of sp³-hybridized carbons (Fsp3) is 0.286. The molecule has 3 aromatic heterocycles. The molecule has 3 N–H and O–H groups in total. The smallest absolute Gasteiger partial charge is 0.192 e. The second-order valence-corrected chi connectivity index (χ2v) is 4.68. The number of aromatic amines is 1. The van der Waals surface area contributed by atoms with Crippen LogP contribution in [0.5, 0.6) is 0 Å². The molecule has 3 heterocycles. The average Bonchev–Trinajstić information content (AvgIpc) is 3.20. The zero-order valence-electron chi connectivity index (χ0n) is 12.7. The Labute approximate surface area is 150 Å². The maximum Gasteiger partial charge on any atom is 0.192 e. The highest BCUT2D eigenvalue weighted by atomic mass is 127. The highest BCUT2D eigenvalue weighted by molar-refractivity contribution is 14.0. The van der Waals surface area contributed by atoms with Crippen LogP contribution in [0.1, 0.15) is 18.4 Å². The van der Waals surface area contributed by atoms with Crippen LogP contribution < -0.4 is 10.6 Å². The van der Waals surface area contributed by atoms with Gasteiger partial charge in [-0.1, -0.05) is 6.07 Å². The molecule has 0 aliphatic carbocycles. The van der Waals surface area contributed by atoms with Gasteiger partial charge in [-0.2, -0.15) is 5.10 Å². The number of halogens is 1. The Hall–Kier alpha value is -2.17. The largest absolute Gasteiger partial charge is 0.357 e. The summed E-state index contributed by atoms with van der Waals surface area (Å²) in [5.41, 5.74) is 1.80. The molecule has 0 atom stereocenters. The molecule has 8 nitrogen and oxygen atoms in total. The lowest BCUT2D eigenvalue weighted by Gasteiger charge is -2.10. The van der Waals surface area contributed by atoms with Gasteiger partial charge in [0.25, 0.3) is 0 Å². The summed E-state index contributed by atoms with van der Waals surface area (Å²) in [6, 6.07) is 7.72. The molecule has 9 heteroatoms. The van der Waals surface area contributed by atoms with Crippen molar-refractivity contribution in [1.29, 1.82) is 0 Å². The lowest BCUT2D eigenvalue weighted by Crippen LogP contribution is -2.37. The summed E-state index contributed by atoms with van der Waals surface area (Å²) in [5.74, 6) is 1.56. The number of nitrogens with zero attached hydrogens (tertiary/aromatic N) is 5. The predicted molar refractivity (Wildman–Crippen MR) is 98.6 cm³/mol. The van der Waals surface area contributed by atoms with Gasteiger partial charge in [0.1, 0.15) is 0 Å². The van der Waals surface area contributed by atoms with Gasteiger partial charge in [0.15, 0.2) is 17.4 Å². The summed E-state index contributed by atoms with van der Waals surface area (Å²) in [7, 11) is 0. The number of aromatic nitrogens is 5. The first-order valence-electron chi connectivity index (χ1n) is 7.16. The van der Waals surface area contributed by atoms with E-state index < -0.39 is 0 Å². The molecule has 0 spiro atoms. The zero-order chi connectivity index (χ0) is 15.2. The summed E-state index contributed by atoms with van der Waals surface area (Å²) in [4.78, 5) is 4.50. The number of guanidine groups is 1. The fourth-order valence-electron chi connectivity index (χ4n) is 2.05. The van der Waals surface area contributed by atoms with Crippen LogP contribution in [0.25, 0.3) is 5.65 Å². The highest BCUT2D eigenvalue weighted by Crippen LogP contribution is 2.02. The topological polar surface area (TPSA) is 95.3 Å². The molecular formula is C14H19IN8. The van der Waals surface area contributed by atoms with E-state index in [9.17, 15) is 0 Å². The molecule has 122 valence electrons. The molecule has 0 radical (unpaired) electrons. The average molecular weight is 426 g/mol. The van der Waals surface area contributed by atoms with Crippen LogP contribution in [0.3, 0.4) is 0 Å². The monoisotopic (exact) mass is 426 g/mol. The number of aliphatic imine (C=N–C) groups is 1. The Morgan fingerprint density at radius 3 is 2.96 bits per heavy atom. The van der Waals surface area contributed by atoms with Crippen molar-refractivity contribution in [3.05, 3.63) is 48.2 Å². The standard InChI is InChI=1S/C14H18N8.HI/c1-2-15-14(16-9-11-6-7-18-19-11)17-10-13-21-20-12-5-3-4-8-22(12)13;/h3-8H,2,9-10H2,1H3,(H,18,19)(H2,15,16,17);1H. The molecule has 23 heavy (non-hydrogen) atoms. The molecule has 0 aliphatic heterocycles. The Balaban J connectivity index is 0.00000192. The Kier molecular flexibility index (Phi) is 6.32. The molecule has 3 aromatic rings. The number of fused-ring (bicyclic) bond motifs is 1. The second-order valence-electron chi connectivity index (χ2n) is 4.68. The van der Waals surface area contributed by atoms with Crippen molar-refractivity contribution in [3.8, 4) is 0 Å². The minimum absolute atomic E-state index is 0. The zero-order valence-corrected chi connectivity index (χ0v) is 15.1. The van der Waals surface area contributed by atoms with Crippen molar-refractivity contribution in [2.75, 3.05) is 6.54 Å². The Morgan fingerprint density at radius 1 is 1.26 bits per heavy atom. The van der Waals surface area contributed by atoms with Crippen LogP contribution in [-0.2, 0) is 13.1 Å². The van der Waals surface area contributed by atoms with Crippen LogP contribution in [0.2, 0.25) is 0 Å². The van der Waals surface area contributed by atoms with Gasteiger partial charge in [0.2, 0.25) is 0 Å². The lowest BCUT2D eigenvalue weighted by atomic mass is 10.4. The van der Waals surface area contributed by atoms with Gasteiger partial charge in [-0.05, 0) is 25.1 Å². The fourth-order valence-corrected chi connectivity index (χ4v) is 2.05. The van der Waals surface area contributed by atoms with Crippen molar-refractivity contribution >= 4 is 35.6 Å². The van der Waals surface area contributed by atoms with E-state index in [1.54, 1.807) is 6.20 Å². The first kappa shape index (κ1) is 17.2. The number of hydrogen-bond acceptors (Lipinski definition) is 4. The summed E-state index contributed by atoms with van der Waals surface area (Å²) in [5, 5.41) is 21.6. The van der Waals surface area contributed by atoms with E-state index in [2.05, 4.69) is 36.0 Å². The first-order valence-corrected chi connectivity index (χ1v) is 7.16. The first-order chi connectivity index (χ1) is 10.9. The molecule has 0 saturated carbocycles. The third kappa shape index (κ3) is 4.41. The highest BCUT2D eigenvalue weighted by Gasteiger charge is 2.05. The van der Waals surface area contributed by atoms with E-state index in [1.165, 1.54) is 0 Å². The molecular weight excluding hydrogens is 407 g/mol. The van der Waals surface area contributed by atoms with Gasteiger partial charge in [-0.3, -0.25) is 9.50 Å². The number of H-pyrrole nitrogens is 1.